The molecule has 1 aliphatic rings. The molecule has 0 radical (unpaired) electrons. The lowest BCUT2D eigenvalue weighted by molar-refractivity contribution is -0.127. The molecule has 1 aliphatic carbocycles. The smallest absolute Gasteiger partial charge is 0.226 e. The molecule has 2 aromatic rings. The minimum absolute atomic E-state index is 0.0381. The van der Waals surface area contributed by atoms with E-state index in [1.165, 1.54) is 5.56 Å². The van der Waals surface area contributed by atoms with Gasteiger partial charge in [-0.25, -0.2) is 0 Å². The Labute approximate surface area is 143 Å². The summed E-state index contributed by atoms with van der Waals surface area (Å²) >= 11 is 0. The van der Waals surface area contributed by atoms with Crippen molar-refractivity contribution in [3.8, 4) is 0 Å². The van der Waals surface area contributed by atoms with E-state index < -0.39 is 0 Å². The van der Waals surface area contributed by atoms with Crippen molar-refractivity contribution in [3.63, 3.8) is 0 Å². The molecule has 126 valence electrons. The highest BCUT2D eigenvalue weighted by Gasteiger charge is 2.29. The lowest BCUT2D eigenvalue weighted by atomic mass is 9.92. The standard InChI is InChI=1S/C20H24N2O2/c1-14-16(12-19(24)21(2)3)20-17(10-7-11-18(20)23)22(14)13-15-8-5-4-6-9-15/h4-6,8-9H,7,10-13H2,1-3H3. The number of hydrogen-bond acceptors (Lipinski definition) is 2. The number of ketones is 1. The van der Waals surface area contributed by atoms with Crippen LogP contribution in [-0.4, -0.2) is 35.3 Å². The largest absolute Gasteiger partial charge is 0.349 e. The van der Waals surface area contributed by atoms with Gasteiger partial charge in [0, 0.05) is 44.0 Å². The number of carbonyl (C=O) groups is 2. The van der Waals surface area contributed by atoms with E-state index in [2.05, 4.69) is 16.7 Å². The first kappa shape index (κ1) is 16.5. The highest BCUT2D eigenvalue weighted by molar-refractivity contribution is 6.01. The van der Waals surface area contributed by atoms with Gasteiger partial charge in [-0.2, -0.15) is 0 Å². The third-order valence-corrected chi connectivity index (χ3v) is 4.86. The van der Waals surface area contributed by atoms with Crippen molar-refractivity contribution in [3.05, 3.63) is 58.4 Å². The van der Waals surface area contributed by atoms with E-state index in [1.54, 1.807) is 19.0 Å². The van der Waals surface area contributed by atoms with Crippen molar-refractivity contribution < 1.29 is 9.59 Å². The minimum atomic E-state index is 0.0381. The maximum Gasteiger partial charge on any atom is 0.226 e. The summed E-state index contributed by atoms with van der Waals surface area (Å²) in [6.07, 6.45) is 2.69. The van der Waals surface area contributed by atoms with Crippen LogP contribution in [0.25, 0.3) is 0 Å². The van der Waals surface area contributed by atoms with Crippen LogP contribution in [-0.2, 0) is 24.2 Å². The van der Waals surface area contributed by atoms with Crippen molar-refractivity contribution in [1.29, 1.82) is 0 Å². The number of carbonyl (C=O) groups excluding carboxylic acids is 2. The molecular weight excluding hydrogens is 300 g/mol. The lowest BCUT2D eigenvalue weighted by Crippen LogP contribution is -2.24. The molecule has 1 aromatic heterocycles. The number of benzene rings is 1. The molecule has 0 bridgehead atoms. The molecule has 0 fully saturated rings. The molecule has 3 rings (SSSR count). The molecule has 1 amide bonds. The molecule has 0 atom stereocenters. The number of Topliss-reactive ketones (excluding diaryl/α,β-unsaturated/α-hetero) is 1. The maximum atomic E-state index is 12.5. The average Bonchev–Trinajstić information content (AvgIpc) is 2.82. The van der Waals surface area contributed by atoms with Crippen molar-refractivity contribution in [1.82, 2.24) is 9.47 Å². The zero-order valence-corrected chi connectivity index (χ0v) is 14.6. The molecular formula is C20H24N2O2. The number of rotatable bonds is 4. The van der Waals surface area contributed by atoms with Crippen LogP contribution in [0.3, 0.4) is 0 Å². The molecule has 4 nitrogen and oxygen atoms in total. The number of nitrogens with zero attached hydrogens (tertiary/aromatic N) is 2. The molecule has 24 heavy (non-hydrogen) atoms. The number of fused-ring (bicyclic) bond motifs is 1. The zero-order valence-electron chi connectivity index (χ0n) is 14.6. The van der Waals surface area contributed by atoms with Crippen LogP contribution in [0.5, 0.6) is 0 Å². The van der Waals surface area contributed by atoms with E-state index in [0.717, 1.165) is 41.9 Å². The average molecular weight is 324 g/mol. The summed E-state index contributed by atoms with van der Waals surface area (Å²) in [6, 6.07) is 10.3. The fraction of sp³-hybridized carbons (Fsp3) is 0.400. The lowest BCUT2D eigenvalue weighted by Gasteiger charge is -2.16. The predicted molar refractivity (Wildman–Crippen MR) is 94.4 cm³/mol. The first-order chi connectivity index (χ1) is 11.5. The van der Waals surface area contributed by atoms with Gasteiger partial charge in [-0.15, -0.1) is 0 Å². The van der Waals surface area contributed by atoms with Crippen molar-refractivity contribution in [2.24, 2.45) is 0 Å². The molecule has 1 aromatic carbocycles. The van der Waals surface area contributed by atoms with E-state index in [0.29, 0.717) is 12.8 Å². The summed E-state index contributed by atoms with van der Waals surface area (Å²) in [7, 11) is 3.51. The Balaban J connectivity index is 2.06. The van der Waals surface area contributed by atoms with Gasteiger partial charge in [0.15, 0.2) is 5.78 Å². The van der Waals surface area contributed by atoms with E-state index in [1.807, 2.05) is 25.1 Å². The molecule has 0 saturated heterocycles. The quantitative estimate of drug-likeness (QED) is 0.867. The van der Waals surface area contributed by atoms with Crippen LogP contribution in [0.2, 0.25) is 0 Å². The third kappa shape index (κ3) is 3.01. The second-order valence-electron chi connectivity index (χ2n) is 6.70. The van der Waals surface area contributed by atoms with Crippen LogP contribution in [0.15, 0.2) is 30.3 Å². The zero-order chi connectivity index (χ0) is 17.3. The second kappa shape index (κ2) is 6.63. The molecule has 0 aliphatic heterocycles. The highest BCUT2D eigenvalue weighted by atomic mass is 16.2. The fourth-order valence-electron chi connectivity index (χ4n) is 3.49. The first-order valence-electron chi connectivity index (χ1n) is 8.47. The maximum absolute atomic E-state index is 12.5. The van der Waals surface area contributed by atoms with Gasteiger partial charge in [0.1, 0.15) is 0 Å². The van der Waals surface area contributed by atoms with Crippen molar-refractivity contribution >= 4 is 11.7 Å². The Bertz CT molecular complexity index is 773. The van der Waals surface area contributed by atoms with Crippen LogP contribution < -0.4 is 0 Å². The SMILES string of the molecule is Cc1c(CC(=O)N(C)C)c2c(n1Cc1ccccc1)CCCC2=O. The second-order valence-corrected chi connectivity index (χ2v) is 6.70. The van der Waals surface area contributed by atoms with Gasteiger partial charge in [0.05, 0.1) is 6.42 Å². The Morgan fingerprint density at radius 3 is 2.54 bits per heavy atom. The number of likely N-dealkylation sites (N-methyl/N-ethyl adjacent to an activating group) is 1. The fourth-order valence-corrected chi connectivity index (χ4v) is 3.49. The normalized spacial score (nSPS) is 13.7. The molecule has 0 unspecified atom stereocenters. The number of hydrogen-bond donors (Lipinski definition) is 0. The Hall–Kier alpha value is -2.36. The summed E-state index contributed by atoms with van der Waals surface area (Å²) in [5, 5.41) is 0. The monoisotopic (exact) mass is 324 g/mol. The van der Waals surface area contributed by atoms with Gasteiger partial charge in [-0.3, -0.25) is 9.59 Å². The van der Waals surface area contributed by atoms with Gasteiger partial charge in [0.2, 0.25) is 5.91 Å². The topological polar surface area (TPSA) is 42.3 Å². The minimum Gasteiger partial charge on any atom is -0.349 e. The van der Waals surface area contributed by atoms with Crippen LogP contribution in [0, 0.1) is 6.92 Å². The third-order valence-electron chi connectivity index (χ3n) is 4.86. The summed E-state index contributed by atoms with van der Waals surface area (Å²) in [5.41, 5.74) is 5.10. The Morgan fingerprint density at radius 2 is 1.88 bits per heavy atom. The van der Waals surface area contributed by atoms with E-state index in [4.69, 9.17) is 0 Å². The van der Waals surface area contributed by atoms with Crippen LogP contribution in [0.1, 0.15) is 45.7 Å². The molecule has 1 heterocycles. The molecule has 0 spiro atoms. The highest BCUT2D eigenvalue weighted by Crippen LogP contribution is 2.31. The molecule has 0 saturated carbocycles. The summed E-state index contributed by atoms with van der Waals surface area (Å²) in [6.45, 7) is 2.78. The van der Waals surface area contributed by atoms with E-state index >= 15 is 0 Å². The Kier molecular flexibility index (Phi) is 4.56. The van der Waals surface area contributed by atoms with E-state index in [9.17, 15) is 9.59 Å². The molecule has 0 N–H and O–H groups in total. The summed E-state index contributed by atoms with van der Waals surface area (Å²) in [5.74, 6) is 0.226. The number of amides is 1. The molecule has 4 heteroatoms. The van der Waals surface area contributed by atoms with Crippen molar-refractivity contribution in [2.45, 2.75) is 39.2 Å². The van der Waals surface area contributed by atoms with Gasteiger partial charge in [0.25, 0.3) is 0 Å². The summed E-state index contributed by atoms with van der Waals surface area (Å²) < 4.78 is 2.24. The van der Waals surface area contributed by atoms with Gasteiger partial charge in [-0.1, -0.05) is 30.3 Å². The van der Waals surface area contributed by atoms with Gasteiger partial charge < -0.3 is 9.47 Å². The van der Waals surface area contributed by atoms with Crippen LogP contribution in [0.4, 0.5) is 0 Å². The van der Waals surface area contributed by atoms with Gasteiger partial charge >= 0.3 is 0 Å². The summed E-state index contributed by atoms with van der Waals surface area (Å²) in [4.78, 5) is 26.4. The van der Waals surface area contributed by atoms with Gasteiger partial charge in [-0.05, 0) is 30.9 Å². The van der Waals surface area contributed by atoms with E-state index in [-0.39, 0.29) is 11.7 Å². The number of aromatic nitrogens is 1. The first-order valence-corrected chi connectivity index (χ1v) is 8.47. The predicted octanol–water partition coefficient (Wildman–Crippen LogP) is 2.99. The van der Waals surface area contributed by atoms with Crippen LogP contribution >= 0.6 is 0 Å². The Morgan fingerprint density at radius 1 is 1.17 bits per heavy atom. The van der Waals surface area contributed by atoms with Crippen molar-refractivity contribution in [2.75, 3.05) is 14.1 Å².